The van der Waals surface area contributed by atoms with Crippen LogP contribution in [0, 0.1) is 0 Å². The average molecular weight is 346 g/mol. The predicted octanol–water partition coefficient (Wildman–Crippen LogP) is 3.62. The van der Waals surface area contributed by atoms with Crippen LogP contribution in [-0.2, 0) is 6.61 Å². The summed E-state index contributed by atoms with van der Waals surface area (Å²) < 4.78 is 5.68. The SMILES string of the molecule is NC(=O)c1cccc(NC(=O)c2ccc(COc3ccccc3)cc2)c1. The van der Waals surface area contributed by atoms with E-state index in [9.17, 15) is 9.59 Å². The molecule has 0 heterocycles. The molecule has 2 amide bonds. The predicted molar refractivity (Wildman–Crippen MR) is 100 cm³/mol. The van der Waals surface area contributed by atoms with Gasteiger partial charge in [0.15, 0.2) is 0 Å². The zero-order valence-electron chi connectivity index (χ0n) is 14.0. The molecule has 0 atom stereocenters. The number of carbonyl (C=O) groups excluding carboxylic acids is 2. The Kier molecular flexibility index (Phi) is 5.29. The largest absolute Gasteiger partial charge is 0.489 e. The lowest BCUT2D eigenvalue weighted by Gasteiger charge is -2.08. The van der Waals surface area contributed by atoms with Gasteiger partial charge in [-0.1, -0.05) is 36.4 Å². The first-order valence-electron chi connectivity index (χ1n) is 8.10. The molecule has 0 aliphatic rings. The van der Waals surface area contributed by atoms with Crippen molar-refractivity contribution in [2.45, 2.75) is 6.61 Å². The summed E-state index contributed by atoms with van der Waals surface area (Å²) in [6, 6.07) is 23.2. The van der Waals surface area contributed by atoms with Gasteiger partial charge in [0.25, 0.3) is 5.91 Å². The smallest absolute Gasteiger partial charge is 0.255 e. The van der Waals surface area contributed by atoms with Crippen molar-refractivity contribution in [1.82, 2.24) is 0 Å². The fraction of sp³-hybridized carbons (Fsp3) is 0.0476. The molecule has 5 nitrogen and oxygen atoms in total. The quantitative estimate of drug-likeness (QED) is 0.715. The lowest BCUT2D eigenvalue weighted by Crippen LogP contribution is -2.14. The molecule has 0 unspecified atom stereocenters. The van der Waals surface area contributed by atoms with E-state index in [1.165, 1.54) is 0 Å². The van der Waals surface area contributed by atoms with Crippen molar-refractivity contribution in [3.63, 3.8) is 0 Å². The third-order valence-corrected chi connectivity index (χ3v) is 3.77. The molecular weight excluding hydrogens is 328 g/mol. The van der Waals surface area contributed by atoms with Gasteiger partial charge in [0.2, 0.25) is 5.91 Å². The maximum Gasteiger partial charge on any atom is 0.255 e. The number of hydrogen-bond donors (Lipinski definition) is 2. The Morgan fingerprint density at radius 1 is 0.846 bits per heavy atom. The van der Waals surface area contributed by atoms with E-state index < -0.39 is 5.91 Å². The van der Waals surface area contributed by atoms with Crippen LogP contribution in [0.5, 0.6) is 5.75 Å². The van der Waals surface area contributed by atoms with E-state index in [-0.39, 0.29) is 5.91 Å². The minimum absolute atomic E-state index is 0.262. The van der Waals surface area contributed by atoms with Crippen molar-refractivity contribution in [3.8, 4) is 5.75 Å². The van der Waals surface area contributed by atoms with Crippen molar-refractivity contribution >= 4 is 17.5 Å². The molecule has 0 spiro atoms. The Bertz CT molecular complexity index is 906. The molecular formula is C21H18N2O3. The highest BCUT2D eigenvalue weighted by Crippen LogP contribution is 2.14. The molecule has 0 aromatic heterocycles. The van der Waals surface area contributed by atoms with Crippen LogP contribution in [0.2, 0.25) is 0 Å². The molecule has 130 valence electrons. The molecule has 0 fully saturated rings. The third-order valence-electron chi connectivity index (χ3n) is 3.77. The van der Waals surface area contributed by atoms with Gasteiger partial charge in [-0.15, -0.1) is 0 Å². The van der Waals surface area contributed by atoms with E-state index in [1.54, 1.807) is 36.4 Å². The fourth-order valence-electron chi connectivity index (χ4n) is 2.39. The van der Waals surface area contributed by atoms with Gasteiger partial charge < -0.3 is 15.8 Å². The van der Waals surface area contributed by atoms with Crippen LogP contribution in [-0.4, -0.2) is 11.8 Å². The Labute approximate surface area is 151 Å². The molecule has 3 rings (SSSR count). The number of rotatable bonds is 6. The van der Waals surface area contributed by atoms with E-state index >= 15 is 0 Å². The maximum absolute atomic E-state index is 12.3. The number of amides is 2. The highest BCUT2D eigenvalue weighted by molar-refractivity contribution is 6.05. The number of benzene rings is 3. The number of nitrogens with one attached hydrogen (secondary N) is 1. The Balaban J connectivity index is 1.61. The van der Waals surface area contributed by atoms with Gasteiger partial charge in [-0.2, -0.15) is 0 Å². The molecule has 26 heavy (non-hydrogen) atoms. The zero-order valence-corrected chi connectivity index (χ0v) is 14.0. The summed E-state index contributed by atoms with van der Waals surface area (Å²) >= 11 is 0. The van der Waals surface area contributed by atoms with Crippen molar-refractivity contribution in [2.75, 3.05) is 5.32 Å². The summed E-state index contributed by atoms with van der Waals surface area (Å²) in [4.78, 5) is 23.5. The van der Waals surface area contributed by atoms with Crippen LogP contribution in [0.25, 0.3) is 0 Å². The van der Waals surface area contributed by atoms with Crippen molar-refractivity contribution in [3.05, 3.63) is 95.6 Å². The van der Waals surface area contributed by atoms with Crippen molar-refractivity contribution in [2.24, 2.45) is 5.73 Å². The minimum Gasteiger partial charge on any atom is -0.489 e. The molecule has 0 saturated carbocycles. The van der Waals surface area contributed by atoms with Gasteiger partial charge in [0, 0.05) is 16.8 Å². The van der Waals surface area contributed by atoms with Gasteiger partial charge in [0.1, 0.15) is 12.4 Å². The van der Waals surface area contributed by atoms with Crippen LogP contribution in [0.4, 0.5) is 5.69 Å². The highest BCUT2D eigenvalue weighted by Gasteiger charge is 2.08. The first-order valence-corrected chi connectivity index (χ1v) is 8.10. The molecule has 0 aliphatic heterocycles. The van der Waals surface area contributed by atoms with Gasteiger partial charge in [0.05, 0.1) is 0 Å². The number of para-hydroxylation sites is 1. The summed E-state index contributed by atoms with van der Waals surface area (Å²) in [7, 11) is 0. The second-order valence-corrected chi connectivity index (χ2v) is 5.70. The molecule has 3 aromatic rings. The number of carbonyl (C=O) groups is 2. The van der Waals surface area contributed by atoms with E-state index in [2.05, 4.69) is 5.32 Å². The van der Waals surface area contributed by atoms with Gasteiger partial charge >= 0.3 is 0 Å². The van der Waals surface area contributed by atoms with Gasteiger partial charge in [-0.3, -0.25) is 9.59 Å². The van der Waals surface area contributed by atoms with E-state index in [0.29, 0.717) is 23.4 Å². The number of anilines is 1. The average Bonchev–Trinajstić information content (AvgIpc) is 2.68. The van der Waals surface area contributed by atoms with Crippen LogP contribution in [0.3, 0.4) is 0 Å². The van der Waals surface area contributed by atoms with Gasteiger partial charge in [-0.25, -0.2) is 0 Å². The fourth-order valence-corrected chi connectivity index (χ4v) is 2.39. The van der Waals surface area contributed by atoms with Crippen LogP contribution < -0.4 is 15.8 Å². The summed E-state index contributed by atoms with van der Waals surface area (Å²) in [5.74, 6) is -0.00494. The van der Waals surface area contributed by atoms with E-state index in [1.807, 2.05) is 42.5 Å². The van der Waals surface area contributed by atoms with Crippen LogP contribution in [0.1, 0.15) is 26.3 Å². The Morgan fingerprint density at radius 2 is 1.58 bits per heavy atom. The van der Waals surface area contributed by atoms with Gasteiger partial charge in [-0.05, 0) is 48.0 Å². The maximum atomic E-state index is 12.3. The monoisotopic (exact) mass is 346 g/mol. The third kappa shape index (κ3) is 4.48. The number of nitrogens with two attached hydrogens (primary N) is 1. The molecule has 0 aliphatic carbocycles. The zero-order chi connectivity index (χ0) is 18.4. The molecule has 0 saturated heterocycles. The summed E-state index contributed by atoms with van der Waals surface area (Å²) in [6.07, 6.45) is 0. The Morgan fingerprint density at radius 3 is 2.27 bits per heavy atom. The van der Waals surface area contributed by atoms with E-state index in [4.69, 9.17) is 10.5 Å². The molecule has 5 heteroatoms. The van der Waals surface area contributed by atoms with E-state index in [0.717, 1.165) is 11.3 Å². The second kappa shape index (κ2) is 7.98. The number of ether oxygens (including phenoxy) is 1. The molecule has 0 bridgehead atoms. The lowest BCUT2D eigenvalue weighted by atomic mass is 10.1. The molecule has 3 aromatic carbocycles. The first kappa shape index (κ1) is 17.2. The number of hydrogen-bond acceptors (Lipinski definition) is 3. The van der Waals surface area contributed by atoms with Crippen LogP contribution in [0.15, 0.2) is 78.9 Å². The lowest BCUT2D eigenvalue weighted by molar-refractivity contribution is 0.0996. The highest BCUT2D eigenvalue weighted by atomic mass is 16.5. The summed E-state index contributed by atoms with van der Waals surface area (Å²) in [6.45, 7) is 0.423. The first-order chi connectivity index (χ1) is 12.6. The van der Waals surface area contributed by atoms with Crippen LogP contribution >= 0.6 is 0 Å². The summed E-state index contributed by atoms with van der Waals surface area (Å²) in [5.41, 5.74) is 7.58. The van der Waals surface area contributed by atoms with Crippen molar-refractivity contribution in [1.29, 1.82) is 0 Å². The minimum atomic E-state index is -0.538. The summed E-state index contributed by atoms with van der Waals surface area (Å²) in [5, 5.41) is 2.75. The standard InChI is InChI=1S/C21H18N2O3/c22-20(24)17-5-4-6-18(13-17)23-21(25)16-11-9-15(10-12-16)14-26-19-7-2-1-3-8-19/h1-13H,14H2,(H2,22,24)(H,23,25). The van der Waals surface area contributed by atoms with Crippen molar-refractivity contribution < 1.29 is 14.3 Å². The molecule has 3 N–H and O–H groups in total. The Hall–Kier alpha value is -3.60. The topological polar surface area (TPSA) is 81.4 Å². The second-order valence-electron chi connectivity index (χ2n) is 5.70. The normalized spacial score (nSPS) is 10.2. The number of primary amides is 1. The molecule has 0 radical (unpaired) electrons.